The van der Waals surface area contributed by atoms with Gasteiger partial charge in [0.15, 0.2) is 5.78 Å². The summed E-state index contributed by atoms with van der Waals surface area (Å²) in [6.07, 6.45) is 4.21. The highest BCUT2D eigenvalue weighted by Crippen LogP contribution is 2.27. The van der Waals surface area contributed by atoms with E-state index >= 15 is 0 Å². The lowest BCUT2D eigenvalue weighted by molar-refractivity contribution is -0.140. The fourth-order valence-corrected chi connectivity index (χ4v) is 3.73. The first-order valence-corrected chi connectivity index (χ1v) is 8.88. The van der Waals surface area contributed by atoms with E-state index in [-0.39, 0.29) is 30.2 Å². The monoisotopic (exact) mass is 346 g/mol. The minimum atomic E-state index is -1.64. The van der Waals surface area contributed by atoms with E-state index in [2.05, 4.69) is 10.6 Å². The van der Waals surface area contributed by atoms with Gasteiger partial charge in [0.05, 0.1) is 13.2 Å². The van der Waals surface area contributed by atoms with Crippen molar-refractivity contribution in [2.45, 2.75) is 62.8 Å². The molecule has 0 radical (unpaired) electrons. The molecule has 3 N–H and O–H groups in total. The van der Waals surface area contributed by atoms with Crippen LogP contribution in [0, 0.1) is 0 Å². The molecule has 1 aromatic carbocycles. The van der Waals surface area contributed by atoms with Crippen LogP contribution in [0.2, 0.25) is 0 Å². The smallest absolute Gasteiger partial charge is 0.237 e. The molecule has 2 fully saturated rings. The van der Waals surface area contributed by atoms with Gasteiger partial charge in [-0.2, -0.15) is 0 Å². The number of Topliss-reactive ketones (excluding diaryl/α,β-unsaturated/α-hetero) is 1. The van der Waals surface area contributed by atoms with Crippen molar-refractivity contribution < 1.29 is 19.4 Å². The number of benzene rings is 1. The Bertz CT molecular complexity index is 641. The first kappa shape index (κ1) is 17.9. The van der Waals surface area contributed by atoms with Crippen molar-refractivity contribution in [3.63, 3.8) is 0 Å². The number of carbonyl (C=O) groups excluding carboxylic acids is 2. The maximum atomic E-state index is 12.7. The van der Waals surface area contributed by atoms with Crippen molar-refractivity contribution in [2.75, 3.05) is 7.11 Å². The summed E-state index contributed by atoms with van der Waals surface area (Å²) in [6.45, 7) is 1.47. The molecular weight excluding hydrogens is 320 g/mol. The number of hydrogen-bond acceptors (Lipinski definition) is 5. The molecule has 1 aromatic rings. The molecule has 1 aliphatic heterocycles. The fourth-order valence-electron chi connectivity index (χ4n) is 3.73. The normalized spacial score (nSPS) is 28.4. The molecule has 6 nitrogen and oxygen atoms in total. The molecule has 1 aliphatic carbocycles. The molecule has 4 atom stereocenters. The van der Waals surface area contributed by atoms with Crippen molar-refractivity contribution >= 4 is 11.7 Å². The van der Waals surface area contributed by atoms with Crippen LogP contribution in [0.1, 0.15) is 44.6 Å². The maximum Gasteiger partial charge on any atom is 0.237 e. The van der Waals surface area contributed by atoms with Gasteiger partial charge in [-0.1, -0.05) is 25.0 Å². The Labute approximate surface area is 147 Å². The molecule has 0 spiro atoms. The van der Waals surface area contributed by atoms with Crippen molar-refractivity contribution in [2.24, 2.45) is 0 Å². The van der Waals surface area contributed by atoms with E-state index in [1.54, 1.807) is 31.4 Å². The standard InChI is InChI=1S/C19H26N2O4/c1-19(24,12-7-9-13(25-2)10-8-12)17(22)11-16-18(23)21-15-6-4-3-5-14(15)20-16/h7-10,14-16,20,24H,3-6,11H2,1-2H3,(H,21,23)/t14?,15?,16-,19+/m0/s1. The number of piperazine rings is 1. The highest BCUT2D eigenvalue weighted by Gasteiger charge is 2.40. The van der Waals surface area contributed by atoms with Crippen LogP contribution in [0.15, 0.2) is 24.3 Å². The zero-order chi connectivity index (χ0) is 18.0. The summed E-state index contributed by atoms with van der Waals surface area (Å²) in [6, 6.07) is 6.54. The van der Waals surface area contributed by atoms with E-state index in [0.717, 1.165) is 25.7 Å². The Morgan fingerprint density at radius 3 is 2.52 bits per heavy atom. The van der Waals surface area contributed by atoms with Crippen LogP contribution in [-0.2, 0) is 15.2 Å². The molecule has 1 saturated heterocycles. The first-order chi connectivity index (χ1) is 11.9. The molecule has 6 heteroatoms. The van der Waals surface area contributed by atoms with Crippen LogP contribution < -0.4 is 15.4 Å². The summed E-state index contributed by atoms with van der Waals surface area (Å²) in [5, 5.41) is 17.1. The van der Waals surface area contributed by atoms with Crippen LogP contribution in [0.5, 0.6) is 5.75 Å². The van der Waals surface area contributed by atoms with Crippen LogP contribution in [0.3, 0.4) is 0 Å². The Morgan fingerprint density at radius 2 is 1.88 bits per heavy atom. The number of ether oxygens (including phenoxy) is 1. The third-order valence-electron chi connectivity index (χ3n) is 5.41. The molecule has 136 valence electrons. The number of methoxy groups -OCH3 is 1. The largest absolute Gasteiger partial charge is 0.497 e. The Kier molecular flexibility index (Phi) is 5.11. The van der Waals surface area contributed by atoms with E-state index in [1.165, 1.54) is 6.92 Å². The average molecular weight is 346 g/mol. The molecule has 0 bridgehead atoms. The number of rotatable bonds is 5. The summed E-state index contributed by atoms with van der Waals surface area (Å²) in [5.41, 5.74) is -1.15. The molecule has 1 saturated carbocycles. The van der Waals surface area contributed by atoms with E-state index in [4.69, 9.17) is 4.74 Å². The van der Waals surface area contributed by atoms with Gasteiger partial charge in [0.25, 0.3) is 0 Å². The lowest BCUT2D eigenvalue weighted by Crippen LogP contribution is -2.65. The van der Waals surface area contributed by atoms with Crippen LogP contribution in [-0.4, -0.2) is 42.0 Å². The minimum absolute atomic E-state index is 0.0336. The minimum Gasteiger partial charge on any atom is -0.497 e. The van der Waals surface area contributed by atoms with Crippen molar-refractivity contribution in [1.29, 1.82) is 0 Å². The molecule has 1 amide bonds. The van der Waals surface area contributed by atoms with Gasteiger partial charge in [-0.3, -0.25) is 9.59 Å². The molecule has 2 aliphatic rings. The van der Waals surface area contributed by atoms with Gasteiger partial charge in [-0.25, -0.2) is 0 Å². The summed E-state index contributed by atoms with van der Waals surface area (Å²) in [7, 11) is 1.56. The molecule has 0 aromatic heterocycles. The summed E-state index contributed by atoms with van der Waals surface area (Å²) >= 11 is 0. The number of aliphatic hydroxyl groups is 1. The Balaban J connectivity index is 1.68. The van der Waals surface area contributed by atoms with Gasteiger partial charge in [0.2, 0.25) is 5.91 Å². The number of carbonyl (C=O) groups is 2. The molecular formula is C19H26N2O4. The van der Waals surface area contributed by atoms with Gasteiger partial charge in [-0.05, 0) is 37.5 Å². The highest BCUT2D eigenvalue weighted by atomic mass is 16.5. The Morgan fingerprint density at radius 1 is 1.24 bits per heavy atom. The summed E-state index contributed by atoms with van der Waals surface area (Å²) in [5.74, 6) is 0.130. The lowest BCUT2D eigenvalue weighted by Gasteiger charge is -2.40. The number of ketones is 1. The molecule has 2 unspecified atom stereocenters. The third-order valence-corrected chi connectivity index (χ3v) is 5.41. The number of hydrogen-bond donors (Lipinski definition) is 3. The maximum absolute atomic E-state index is 12.7. The van der Waals surface area contributed by atoms with E-state index < -0.39 is 11.6 Å². The lowest BCUT2D eigenvalue weighted by atomic mass is 9.84. The third kappa shape index (κ3) is 3.70. The van der Waals surface area contributed by atoms with Gasteiger partial charge < -0.3 is 20.5 Å². The predicted octanol–water partition coefficient (Wildman–Crippen LogP) is 1.26. The zero-order valence-corrected chi connectivity index (χ0v) is 14.7. The highest BCUT2D eigenvalue weighted by molar-refractivity contribution is 5.94. The predicted molar refractivity (Wildman–Crippen MR) is 93.3 cm³/mol. The topological polar surface area (TPSA) is 87.7 Å². The Hall–Kier alpha value is -1.92. The van der Waals surface area contributed by atoms with Crippen LogP contribution >= 0.6 is 0 Å². The second-order valence-electron chi connectivity index (χ2n) is 7.15. The number of fused-ring (bicyclic) bond motifs is 1. The van der Waals surface area contributed by atoms with Gasteiger partial charge in [0, 0.05) is 18.5 Å². The van der Waals surface area contributed by atoms with Crippen LogP contribution in [0.4, 0.5) is 0 Å². The summed E-state index contributed by atoms with van der Waals surface area (Å²) < 4.78 is 5.10. The fraction of sp³-hybridized carbons (Fsp3) is 0.579. The van der Waals surface area contributed by atoms with Gasteiger partial charge in [0.1, 0.15) is 11.4 Å². The number of nitrogens with one attached hydrogen (secondary N) is 2. The molecule has 25 heavy (non-hydrogen) atoms. The van der Waals surface area contributed by atoms with Gasteiger partial charge in [-0.15, -0.1) is 0 Å². The van der Waals surface area contributed by atoms with Crippen LogP contribution in [0.25, 0.3) is 0 Å². The zero-order valence-electron chi connectivity index (χ0n) is 14.7. The van der Waals surface area contributed by atoms with E-state index in [0.29, 0.717) is 11.3 Å². The van der Waals surface area contributed by atoms with Crippen molar-refractivity contribution in [1.82, 2.24) is 10.6 Å². The molecule has 1 heterocycles. The first-order valence-electron chi connectivity index (χ1n) is 8.88. The van der Waals surface area contributed by atoms with E-state index in [9.17, 15) is 14.7 Å². The van der Waals surface area contributed by atoms with Gasteiger partial charge >= 0.3 is 0 Å². The summed E-state index contributed by atoms with van der Waals surface area (Å²) in [4.78, 5) is 25.0. The molecule has 3 rings (SSSR count). The van der Waals surface area contributed by atoms with Crippen molar-refractivity contribution in [3.8, 4) is 5.75 Å². The quantitative estimate of drug-likeness (QED) is 0.747. The number of amides is 1. The van der Waals surface area contributed by atoms with E-state index in [1.807, 2.05) is 0 Å². The average Bonchev–Trinajstić information content (AvgIpc) is 2.62. The second kappa shape index (κ2) is 7.14. The second-order valence-corrected chi connectivity index (χ2v) is 7.15. The SMILES string of the molecule is COc1ccc([C@@](C)(O)C(=O)C[C@@H]2NC3CCCCC3NC2=O)cc1. The van der Waals surface area contributed by atoms with Crippen molar-refractivity contribution in [3.05, 3.63) is 29.8 Å².